The number of amides is 2. The number of aromatic nitrogens is 2. The molecule has 0 aliphatic carbocycles. The highest BCUT2D eigenvalue weighted by atomic mass is 19.1. The van der Waals surface area contributed by atoms with E-state index in [9.17, 15) is 14.0 Å². The van der Waals surface area contributed by atoms with E-state index in [1.165, 1.54) is 12.1 Å². The van der Waals surface area contributed by atoms with Crippen molar-refractivity contribution in [1.82, 2.24) is 14.9 Å². The summed E-state index contributed by atoms with van der Waals surface area (Å²) in [4.78, 5) is 31.4. The summed E-state index contributed by atoms with van der Waals surface area (Å²) >= 11 is 0. The molecular weight excluding hydrogens is 399 g/mol. The van der Waals surface area contributed by atoms with Gasteiger partial charge in [0.05, 0.1) is 12.2 Å². The van der Waals surface area contributed by atoms with Crippen LogP contribution in [0.5, 0.6) is 5.75 Å². The number of hydrogen-bond acceptors (Lipinski definition) is 4. The summed E-state index contributed by atoms with van der Waals surface area (Å²) in [5.74, 6) is 0.379. The average molecular weight is 422 g/mol. The molecule has 1 aliphatic rings. The normalized spacial score (nSPS) is 13.8. The Hall–Kier alpha value is -3.68. The maximum atomic E-state index is 13.8. The minimum Gasteiger partial charge on any atom is -0.490 e. The van der Waals surface area contributed by atoms with Crippen molar-refractivity contribution in [3.05, 3.63) is 78.1 Å². The highest BCUT2D eigenvalue weighted by Crippen LogP contribution is 2.31. The second kappa shape index (κ2) is 8.99. The first-order valence-corrected chi connectivity index (χ1v) is 10.1. The molecular formula is C23H23FN4O3. The topological polar surface area (TPSA) is 76.5 Å². The molecule has 2 aromatic carbocycles. The summed E-state index contributed by atoms with van der Waals surface area (Å²) in [5, 5.41) is 2.90. The van der Waals surface area contributed by atoms with Crippen molar-refractivity contribution < 1.29 is 18.7 Å². The average Bonchev–Trinajstić information content (AvgIpc) is 3.21. The number of nitrogens with zero attached hydrogens (tertiary/aromatic N) is 3. The first-order chi connectivity index (χ1) is 15.0. The van der Waals surface area contributed by atoms with Gasteiger partial charge in [0.15, 0.2) is 0 Å². The van der Waals surface area contributed by atoms with E-state index in [0.717, 1.165) is 0 Å². The maximum Gasteiger partial charge on any atom is 0.227 e. The molecule has 0 saturated heterocycles. The number of carbonyl (C=O) groups is 2. The highest BCUT2D eigenvalue weighted by molar-refractivity contribution is 5.97. The molecule has 1 unspecified atom stereocenters. The van der Waals surface area contributed by atoms with Crippen LogP contribution in [0.15, 0.2) is 60.9 Å². The van der Waals surface area contributed by atoms with Crippen molar-refractivity contribution in [2.24, 2.45) is 7.05 Å². The molecule has 0 bridgehead atoms. The zero-order chi connectivity index (χ0) is 21.8. The number of fused-ring (bicyclic) bond motifs is 1. The molecule has 0 spiro atoms. The van der Waals surface area contributed by atoms with Crippen molar-refractivity contribution in [2.45, 2.75) is 18.9 Å². The fraction of sp³-hybridized carbons (Fsp3) is 0.261. The SMILES string of the molecule is Cn1ccnc1C(NC(=O)CCC(=O)N1CCOc2ccccc21)c1cccc(F)c1. The predicted octanol–water partition coefficient (Wildman–Crippen LogP) is 2.97. The standard InChI is InChI=1S/C23H23FN4O3/c1-27-12-11-25-23(27)22(16-5-4-6-17(24)15-16)26-20(29)9-10-21(30)28-13-14-31-19-8-3-2-7-18(19)28/h2-8,11-12,15,22H,9-10,13-14H2,1H3,(H,26,29). The number of imidazole rings is 1. The molecule has 7 nitrogen and oxygen atoms in total. The lowest BCUT2D eigenvalue weighted by atomic mass is 10.1. The number of anilines is 1. The van der Waals surface area contributed by atoms with Crippen molar-refractivity contribution in [3.63, 3.8) is 0 Å². The summed E-state index contributed by atoms with van der Waals surface area (Å²) < 4.78 is 21.1. The quantitative estimate of drug-likeness (QED) is 0.663. The Bertz CT molecular complexity index is 1100. The van der Waals surface area contributed by atoms with E-state index in [2.05, 4.69) is 10.3 Å². The lowest BCUT2D eigenvalue weighted by molar-refractivity contribution is -0.125. The smallest absolute Gasteiger partial charge is 0.227 e. The summed E-state index contributed by atoms with van der Waals surface area (Å²) in [5.41, 5.74) is 1.29. The number of aryl methyl sites for hydroxylation is 1. The van der Waals surface area contributed by atoms with Crippen LogP contribution in [-0.2, 0) is 16.6 Å². The van der Waals surface area contributed by atoms with Crippen molar-refractivity contribution in [3.8, 4) is 5.75 Å². The highest BCUT2D eigenvalue weighted by Gasteiger charge is 2.25. The van der Waals surface area contributed by atoms with Gasteiger partial charge in [-0.05, 0) is 29.8 Å². The first-order valence-electron chi connectivity index (χ1n) is 10.1. The number of ether oxygens (including phenoxy) is 1. The Morgan fingerprint density at radius 2 is 2.03 bits per heavy atom. The molecule has 1 atom stereocenters. The summed E-state index contributed by atoms with van der Waals surface area (Å²) in [6.45, 7) is 0.854. The van der Waals surface area contributed by atoms with Crippen LogP contribution >= 0.6 is 0 Å². The van der Waals surface area contributed by atoms with Crippen LogP contribution in [0.3, 0.4) is 0 Å². The van der Waals surface area contributed by atoms with Crippen LogP contribution in [0.2, 0.25) is 0 Å². The van der Waals surface area contributed by atoms with Gasteiger partial charge in [-0.2, -0.15) is 0 Å². The zero-order valence-electron chi connectivity index (χ0n) is 17.1. The van der Waals surface area contributed by atoms with E-state index in [1.807, 2.05) is 24.3 Å². The Balaban J connectivity index is 1.44. The molecule has 160 valence electrons. The lowest BCUT2D eigenvalue weighted by Crippen LogP contribution is -2.39. The molecule has 31 heavy (non-hydrogen) atoms. The summed E-state index contributed by atoms with van der Waals surface area (Å²) in [7, 11) is 1.81. The Morgan fingerprint density at radius 1 is 1.19 bits per heavy atom. The van der Waals surface area contributed by atoms with Gasteiger partial charge >= 0.3 is 0 Å². The number of benzene rings is 2. The monoisotopic (exact) mass is 422 g/mol. The number of para-hydroxylation sites is 2. The minimum absolute atomic E-state index is 0.00853. The molecule has 4 rings (SSSR count). The van der Waals surface area contributed by atoms with E-state index in [1.54, 1.807) is 41.0 Å². The summed E-state index contributed by atoms with van der Waals surface area (Å²) in [6.07, 6.45) is 3.44. The number of rotatable bonds is 6. The van der Waals surface area contributed by atoms with E-state index < -0.39 is 11.9 Å². The second-order valence-electron chi connectivity index (χ2n) is 7.31. The molecule has 1 N–H and O–H groups in total. The Morgan fingerprint density at radius 3 is 2.81 bits per heavy atom. The molecule has 3 aromatic rings. The van der Waals surface area contributed by atoms with Gasteiger partial charge in [-0.15, -0.1) is 0 Å². The Kier molecular flexibility index (Phi) is 5.97. The van der Waals surface area contributed by atoms with Gasteiger partial charge in [0.2, 0.25) is 11.8 Å². The minimum atomic E-state index is -0.623. The number of halogens is 1. The van der Waals surface area contributed by atoms with Gasteiger partial charge in [-0.3, -0.25) is 9.59 Å². The van der Waals surface area contributed by atoms with Gasteiger partial charge < -0.3 is 19.5 Å². The Labute approximate surface area is 179 Å². The van der Waals surface area contributed by atoms with Gasteiger partial charge in [-0.25, -0.2) is 9.37 Å². The third-order valence-electron chi connectivity index (χ3n) is 5.20. The van der Waals surface area contributed by atoms with Crippen LogP contribution in [0.25, 0.3) is 0 Å². The van der Waals surface area contributed by atoms with Crippen molar-refractivity contribution >= 4 is 17.5 Å². The molecule has 2 heterocycles. The molecule has 0 radical (unpaired) electrons. The lowest BCUT2D eigenvalue weighted by Gasteiger charge is -2.29. The molecule has 2 amide bonds. The molecule has 0 fully saturated rings. The van der Waals surface area contributed by atoms with Gasteiger partial charge in [0.1, 0.15) is 30.0 Å². The van der Waals surface area contributed by atoms with Crippen LogP contribution in [0.4, 0.5) is 10.1 Å². The third kappa shape index (κ3) is 4.58. The van der Waals surface area contributed by atoms with E-state index in [-0.39, 0.29) is 24.7 Å². The van der Waals surface area contributed by atoms with Gasteiger partial charge in [-0.1, -0.05) is 24.3 Å². The van der Waals surface area contributed by atoms with E-state index in [0.29, 0.717) is 36.0 Å². The largest absolute Gasteiger partial charge is 0.490 e. The van der Waals surface area contributed by atoms with Crippen molar-refractivity contribution in [2.75, 3.05) is 18.1 Å². The van der Waals surface area contributed by atoms with Gasteiger partial charge in [0, 0.05) is 32.3 Å². The second-order valence-corrected chi connectivity index (χ2v) is 7.31. The first kappa shape index (κ1) is 20.6. The molecule has 0 saturated carbocycles. The number of carbonyl (C=O) groups excluding carboxylic acids is 2. The predicted molar refractivity (Wildman–Crippen MR) is 113 cm³/mol. The van der Waals surface area contributed by atoms with Crippen LogP contribution in [0.1, 0.15) is 30.3 Å². The van der Waals surface area contributed by atoms with Crippen LogP contribution in [0, 0.1) is 5.82 Å². The molecule has 1 aromatic heterocycles. The molecule has 1 aliphatic heterocycles. The zero-order valence-corrected chi connectivity index (χ0v) is 17.1. The number of nitrogens with one attached hydrogen (secondary N) is 1. The van der Waals surface area contributed by atoms with Gasteiger partial charge in [0.25, 0.3) is 0 Å². The van der Waals surface area contributed by atoms with Crippen LogP contribution < -0.4 is 15.0 Å². The maximum absolute atomic E-state index is 13.8. The molecule has 8 heteroatoms. The van der Waals surface area contributed by atoms with E-state index in [4.69, 9.17) is 4.74 Å². The fourth-order valence-electron chi connectivity index (χ4n) is 3.66. The number of hydrogen-bond donors (Lipinski definition) is 1. The fourth-order valence-corrected chi connectivity index (χ4v) is 3.66. The van der Waals surface area contributed by atoms with Crippen molar-refractivity contribution in [1.29, 1.82) is 0 Å². The van der Waals surface area contributed by atoms with E-state index >= 15 is 0 Å². The van der Waals surface area contributed by atoms with Crippen LogP contribution in [-0.4, -0.2) is 34.5 Å². The third-order valence-corrected chi connectivity index (χ3v) is 5.20. The summed E-state index contributed by atoms with van der Waals surface area (Å²) in [6, 6.07) is 12.8.